The lowest BCUT2D eigenvalue weighted by molar-refractivity contribution is -0.107. The highest BCUT2D eigenvalue weighted by molar-refractivity contribution is 5.03. The van der Waals surface area contributed by atoms with Crippen molar-refractivity contribution in [1.82, 2.24) is 4.90 Å². The van der Waals surface area contributed by atoms with Crippen molar-refractivity contribution in [2.75, 3.05) is 19.8 Å². The van der Waals surface area contributed by atoms with Crippen LogP contribution in [0, 0.1) is 10.8 Å². The van der Waals surface area contributed by atoms with Crippen LogP contribution in [-0.2, 0) is 4.74 Å². The van der Waals surface area contributed by atoms with E-state index in [0.29, 0.717) is 10.8 Å². The molecule has 2 aliphatic rings. The molecule has 2 rings (SSSR count). The lowest BCUT2D eigenvalue weighted by Gasteiger charge is -2.41. The number of rotatable bonds is 1. The van der Waals surface area contributed by atoms with E-state index in [1.165, 1.54) is 19.4 Å². The molecular formula is C15H29NO. The average molecular weight is 239 g/mol. The molecule has 0 aliphatic carbocycles. The fourth-order valence-electron chi connectivity index (χ4n) is 3.44. The summed E-state index contributed by atoms with van der Waals surface area (Å²) in [6, 6.07) is 0.735. The third-order valence-electron chi connectivity index (χ3n) is 4.14. The smallest absolute Gasteiger partial charge is 0.0557 e. The molecule has 0 bridgehead atoms. The second-order valence-corrected chi connectivity index (χ2v) is 8.41. The Morgan fingerprint density at radius 2 is 1.71 bits per heavy atom. The van der Waals surface area contributed by atoms with Crippen molar-refractivity contribution < 1.29 is 4.74 Å². The molecule has 2 aliphatic heterocycles. The van der Waals surface area contributed by atoms with E-state index in [4.69, 9.17) is 4.74 Å². The zero-order chi connectivity index (χ0) is 12.9. The first-order valence-electron chi connectivity index (χ1n) is 6.96. The first-order valence-corrected chi connectivity index (χ1v) is 6.96. The third kappa shape index (κ3) is 2.85. The Labute approximate surface area is 107 Å². The molecule has 0 N–H and O–H groups in total. The van der Waals surface area contributed by atoms with Gasteiger partial charge in [-0.2, -0.15) is 0 Å². The van der Waals surface area contributed by atoms with Gasteiger partial charge < -0.3 is 4.74 Å². The maximum Gasteiger partial charge on any atom is 0.0557 e. The summed E-state index contributed by atoms with van der Waals surface area (Å²) < 4.78 is 5.47. The van der Waals surface area contributed by atoms with Crippen molar-refractivity contribution in [3.8, 4) is 0 Å². The lowest BCUT2D eigenvalue weighted by atomic mass is 9.80. The minimum atomic E-state index is 0.287. The van der Waals surface area contributed by atoms with Crippen molar-refractivity contribution in [3.05, 3.63) is 0 Å². The molecule has 2 saturated heterocycles. The molecule has 0 aromatic heterocycles. The molecule has 0 saturated carbocycles. The third-order valence-corrected chi connectivity index (χ3v) is 4.14. The molecule has 1 atom stereocenters. The molecule has 100 valence electrons. The van der Waals surface area contributed by atoms with Crippen molar-refractivity contribution in [3.63, 3.8) is 0 Å². The van der Waals surface area contributed by atoms with Crippen LogP contribution >= 0.6 is 0 Å². The van der Waals surface area contributed by atoms with E-state index in [1.54, 1.807) is 0 Å². The van der Waals surface area contributed by atoms with Gasteiger partial charge in [-0.3, -0.25) is 4.90 Å². The van der Waals surface area contributed by atoms with E-state index < -0.39 is 0 Å². The first-order chi connectivity index (χ1) is 7.61. The van der Waals surface area contributed by atoms with E-state index in [1.807, 2.05) is 0 Å². The van der Waals surface area contributed by atoms with Crippen molar-refractivity contribution in [2.24, 2.45) is 10.8 Å². The predicted octanol–water partition coefficient (Wildman–Crippen LogP) is 3.31. The predicted molar refractivity (Wildman–Crippen MR) is 72.2 cm³/mol. The second kappa shape index (κ2) is 3.96. The van der Waals surface area contributed by atoms with Crippen molar-refractivity contribution in [2.45, 2.75) is 66.0 Å². The van der Waals surface area contributed by atoms with E-state index in [9.17, 15) is 0 Å². The van der Waals surface area contributed by atoms with Crippen LogP contribution in [0.4, 0.5) is 0 Å². The van der Waals surface area contributed by atoms with Crippen LogP contribution in [0.5, 0.6) is 0 Å². The molecule has 2 fully saturated rings. The molecule has 0 aromatic rings. The maximum atomic E-state index is 5.47. The van der Waals surface area contributed by atoms with Crippen LogP contribution in [0.25, 0.3) is 0 Å². The minimum Gasteiger partial charge on any atom is -0.380 e. The van der Waals surface area contributed by atoms with E-state index in [2.05, 4.69) is 46.4 Å². The Kier molecular flexibility index (Phi) is 3.11. The maximum absolute atomic E-state index is 5.47. The summed E-state index contributed by atoms with van der Waals surface area (Å²) in [4.78, 5) is 2.72. The first kappa shape index (κ1) is 13.4. The summed E-state index contributed by atoms with van der Waals surface area (Å²) in [7, 11) is 0. The van der Waals surface area contributed by atoms with Crippen LogP contribution in [-0.4, -0.2) is 36.2 Å². The Balaban J connectivity index is 2.11. The largest absolute Gasteiger partial charge is 0.380 e. The average Bonchev–Trinajstić information content (AvgIpc) is 2.38. The Bertz CT molecular complexity index is 280. The zero-order valence-corrected chi connectivity index (χ0v) is 12.5. The van der Waals surface area contributed by atoms with Gasteiger partial charge in [-0.25, -0.2) is 0 Å². The highest BCUT2D eigenvalue weighted by Crippen LogP contribution is 2.46. The fourth-order valence-corrected chi connectivity index (χ4v) is 3.44. The monoisotopic (exact) mass is 239 g/mol. The Hall–Kier alpha value is -0.0800. The summed E-state index contributed by atoms with van der Waals surface area (Å²) >= 11 is 0. The van der Waals surface area contributed by atoms with Gasteiger partial charge in [-0.05, 0) is 39.0 Å². The topological polar surface area (TPSA) is 12.5 Å². The van der Waals surface area contributed by atoms with E-state index in [-0.39, 0.29) is 5.54 Å². The zero-order valence-electron chi connectivity index (χ0n) is 12.5. The molecule has 0 amide bonds. The standard InChI is InChI=1S/C15H29NO/c1-13(2,3)7-12-8-15(10-17-11-15)9-16(12)14(4,5)6/h12H,7-11H2,1-6H3. The molecule has 0 radical (unpaired) electrons. The van der Waals surface area contributed by atoms with Gasteiger partial charge in [0.2, 0.25) is 0 Å². The summed E-state index contributed by atoms with van der Waals surface area (Å²) in [6.07, 6.45) is 2.63. The van der Waals surface area contributed by atoms with Gasteiger partial charge in [0, 0.05) is 23.5 Å². The fraction of sp³-hybridized carbons (Fsp3) is 1.00. The van der Waals surface area contributed by atoms with Crippen molar-refractivity contribution >= 4 is 0 Å². The highest BCUT2D eigenvalue weighted by atomic mass is 16.5. The van der Waals surface area contributed by atoms with Crippen molar-refractivity contribution in [1.29, 1.82) is 0 Å². The van der Waals surface area contributed by atoms with Crippen LogP contribution in [0.3, 0.4) is 0 Å². The van der Waals surface area contributed by atoms with Crippen LogP contribution in [0.2, 0.25) is 0 Å². The van der Waals surface area contributed by atoms with E-state index >= 15 is 0 Å². The summed E-state index contributed by atoms with van der Waals surface area (Å²) in [6.45, 7) is 17.3. The van der Waals surface area contributed by atoms with Crippen LogP contribution in [0.15, 0.2) is 0 Å². The molecule has 0 aromatic carbocycles. The summed E-state index contributed by atoms with van der Waals surface area (Å²) in [5.41, 5.74) is 1.20. The molecule has 2 nitrogen and oxygen atoms in total. The molecular weight excluding hydrogens is 210 g/mol. The van der Waals surface area contributed by atoms with Gasteiger partial charge >= 0.3 is 0 Å². The number of nitrogens with zero attached hydrogens (tertiary/aromatic N) is 1. The van der Waals surface area contributed by atoms with Crippen LogP contribution in [0.1, 0.15) is 54.4 Å². The van der Waals surface area contributed by atoms with E-state index in [0.717, 1.165) is 19.3 Å². The number of ether oxygens (including phenoxy) is 1. The highest BCUT2D eigenvalue weighted by Gasteiger charge is 2.51. The van der Waals surface area contributed by atoms with Crippen LogP contribution < -0.4 is 0 Å². The number of hydrogen-bond donors (Lipinski definition) is 0. The molecule has 1 unspecified atom stereocenters. The second-order valence-electron chi connectivity index (χ2n) is 8.41. The van der Waals surface area contributed by atoms with Gasteiger partial charge in [-0.15, -0.1) is 0 Å². The molecule has 2 heterocycles. The Morgan fingerprint density at radius 3 is 2.06 bits per heavy atom. The summed E-state index contributed by atoms with van der Waals surface area (Å²) in [5, 5.41) is 0. The quantitative estimate of drug-likeness (QED) is 0.696. The van der Waals surface area contributed by atoms with Gasteiger partial charge in [0.1, 0.15) is 0 Å². The lowest BCUT2D eigenvalue weighted by Crippen LogP contribution is -2.49. The van der Waals surface area contributed by atoms with Gasteiger partial charge in [0.25, 0.3) is 0 Å². The summed E-state index contributed by atoms with van der Waals surface area (Å²) in [5.74, 6) is 0. The van der Waals surface area contributed by atoms with Gasteiger partial charge in [0.05, 0.1) is 13.2 Å². The number of hydrogen-bond acceptors (Lipinski definition) is 2. The van der Waals surface area contributed by atoms with Gasteiger partial charge in [0.15, 0.2) is 0 Å². The number of likely N-dealkylation sites (tertiary alicyclic amines) is 1. The Morgan fingerprint density at radius 1 is 1.12 bits per heavy atom. The van der Waals surface area contributed by atoms with Gasteiger partial charge in [-0.1, -0.05) is 20.8 Å². The molecule has 17 heavy (non-hydrogen) atoms. The normalized spacial score (nSPS) is 29.6. The SMILES string of the molecule is CC(C)(C)CC1CC2(COC2)CN1C(C)(C)C. The molecule has 1 spiro atoms. The minimum absolute atomic E-state index is 0.287. The molecule has 2 heteroatoms.